The lowest BCUT2D eigenvalue weighted by Crippen LogP contribution is -2.22. The summed E-state index contributed by atoms with van der Waals surface area (Å²) in [5.41, 5.74) is -0.667. The van der Waals surface area contributed by atoms with Crippen molar-refractivity contribution in [3.05, 3.63) is 20.3 Å². The molecule has 5 nitrogen and oxygen atoms in total. The summed E-state index contributed by atoms with van der Waals surface area (Å²) in [6.45, 7) is 1.54. The fourth-order valence-corrected chi connectivity index (χ4v) is 1.91. The van der Waals surface area contributed by atoms with Crippen LogP contribution in [0.4, 0.5) is 0 Å². The maximum atomic E-state index is 11.3. The van der Waals surface area contributed by atoms with E-state index in [2.05, 4.69) is 20.7 Å². The largest absolute Gasteiger partial charge is 0.462 e. The zero-order chi connectivity index (χ0) is 12.2. The Bertz CT molecular complexity index is 312. The van der Waals surface area contributed by atoms with Crippen LogP contribution in [0.15, 0.2) is 10.2 Å². The molecule has 0 aliphatic carbocycles. The number of esters is 1. The Kier molecular flexibility index (Phi) is 5.87. The first-order valence-corrected chi connectivity index (χ1v) is 5.43. The predicted octanol–water partition coefficient (Wildman–Crippen LogP) is 2.80. The highest BCUT2D eigenvalue weighted by Gasteiger charge is 2.40. The normalized spacial score (nSPS) is 13.1. The van der Waals surface area contributed by atoms with Crippen LogP contribution in [0.3, 0.4) is 0 Å². The summed E-state index contributed by atoms with van der Waals surface area (Å²) in [6, 6.07) is 0. The van der Waals surface area contributed by atoms with Gasteiger partial charge < -0.3 is 4.74 Å². The molecule has 0 amide bonds. The van der Waals surface area contributed by atoms with Gasteiger partial charge >= 0.3 is 10.6 Å². The smallest absolute Gasteiger partial charge is 0.346 e. The van der Waals surface area contributed by atoms with Crippen LogP contribution in [0.1, 0.15) is 6.92 Å². The number of carbonyl (C=O) groups excluding carboxylic acids is 1. The maximum absolute atomic E-state index is 11.3. The Morgan fingerprint density at radius 3 is 2.27 bits per heavy atom. The fraction of sp³-hybridized carbons (Fsp3) is 0.500. The second kappa shape index (κ2) is 5.89. The Hall–Kier alpha value is -0.0400. The Morgan fingerprint density at radius 2 is 2.00 bits per heavy atom. The summed E-state index contributed by atoms with van der Waals surface area (Å²) < 4.78 is 1.56. The van der Waals surface area contributed by atoms with Crippen molar-refractivity contribution in [3.8, 4) is 0 Å². The first-order valence-electron chi connectivity index (χ1n) is 3.50. The summed E-state index contributed by atoms with van der Waals surface area (Å²) in [5, 5.41) is 10.4. The summed E-state index contributed by atoms with van der Waals surface area (Å²) in [6.07, 6.45) is 0. The molecule has 15 heavy (non-hydrogen) atoms. The summed E-state index contributed by atoms with van der Waals surface area (Å²) >= 11 is 18.8. The minimum absolute atomic E-state index is 0.0150. The third kappa shape index (κ3) is 4.55. The first-order chi connectivity index (χ1) is 6.71. The summed E-state index contributed by atoms with van der Waals surface area (Å²) in [7, 11) is 0. The molecule has 0 aromatic heterocycles. The van der Waals surface area contributed by atoms with Crippen molar-refractivity contribution in [3.63, 3.8) is 0 Å². The molecule has 0 N–H and O–H groups in total. The fourth-order valence-electron chi connectivity index (χ4n) is 0.611. The molecule has 0 rings (SSSR count). The van der Waals surface area contributed by atoms with Gasteiger partial charge in [0.25, 0.3) is 0 Å². The molecule has 0 saturated heterocycles. The molecule has 9 heteroatoms. The molecule has 0 fully saturated rings. The zero-order valence-electron chi connectivity index (χ0n) is 7.30. The van der Waals surface area contributed by atoms with Crippen molar-refractivity contribution in [1.29, 1.82) is 0 Å². The molecule has 0 aliphatic rings. The number of alkyl halides is 3. The molecule has 0 aromatic rings. The van der Waals surface area contributed by atoms with E-state index in [0.717, 1.165) is 0 Å². The molecule has 0 unspecified atom stereocenters. The molecule has 0 aliphatic heterocycles. The van der Waals surface area contributed by atoms with E-state index in [0.29, 0.717) is 0 Å². The van der Waals surface area contributed by atoms with Crippen molar-refractivity contribution >= 4 is 56.7 Å². The van der Waals surface area contributed by atoms with E-state index >= 15 is 0 Å². The van der Waals surface area contributed by atoms with E-state index in [9.17, 15) is 14.9 Å². The molecule has 0 radical (unpaired) electrons. The van der Waals surface area contributed by atoms with Crippen LogP contribution >= 0.6 is 50.7 Å². The number of nitrogens with zero attached hydrogens (tertiary/aromatic N) is 1. The molecule has 0 bridgehead atoms. The van der Waals surface area contributed by atoms with Gasteiger partial charge in [-0.1, -0.05) is 34.8 Å². The SMILES string of the molecule is CCOC(=O)C(=C(Br)[N+](=O)[O-])C(Cl)(Cl)Cl. The third-order valence-electron chi connectivity index (χ3n) is 1.13. The van der Waals surface area contributed by atoms with Crippen molar-refractivity contribution in [2.75, 3.05) is 6.61 Å². The number of carbonyl (C=O) groups is 1. The molecule has 0 aromatic carbocycles. The van der Waals surface area contributed by atoms with Crippen molar-refractivity contribution in [1.82, 2.24) is 0 Å². The Morgan fingerprint density at radius 1 is 1.53 bits per heavy atom. The summed E-state index contributed by atoms with van der Waals surface area (Å²) in [4.78, 5) is 20.8. The van der Waals surface area contributed by atoms with Gasteiger partial charge in [-0.05, 0) is 6.92 Å². The predicted molar refractivity (Wildman–Crippen MR) is 59.9 cm³/mol. The molecule has 0 spiro atoms. The van der Waals surface area contributed by atoms with Crippen LogP contribution in [-0.4, -0.2) is 21.3 Å². The van der Waals surface area contributed by atoms with Crippen LogP contribution < -0.4 is 0 Å². The summed E-state index contributed by atoms with van der Waals surface area (Å²) in [5.74, 6) is -1.05. The number of halogens is 4. The van der Waals surface area contributed by atoms with Crippen molar-refractivity contribution < 1.29 is 14.5 Å². The lowest BCUT2D eigenvalue weighted by molar-refractivity contribution is -0.409. The number of hydrogen-bond acceptors (Lipinski definition) is 4. The van der Waals surface area contributed by atoms with Gasteiger partial charge in [0.2, 0.25) is 3.79 Å². The van der Waals surface area contributed by atoms with Gasteiger partial charge in [0, 0.05) is 15.9 Å². The quantitative estimate of drug-likeness (QED) is 0.198. The van der Waals surface area contributed by atoms with E-state index < -0.39 is 24.9 Å². The van der Waals surface area contributed by atoms with Gasteiger partial charge in [-0.25, -0.2) is 4.79 Å². The standard InChI is InChI=1S/C6H5BrCl3NO4/c1-2-15-5(12)3(6(8,9)10)4(7)11(13)14/h2H2,1H3. The van der Waals surface area contributed by atoms with E-state index in [-0.39, 0.29) is 6.61 Å². The van der Waals surface area contributed by atoms with E-state index in [1.54, 1.807) is 0 Å². The molecule has 86 valence electrons. The number of ether oxygens (including phenoxy) is 1. The van der Waals surface area contributed by atoms with Crippen LogP contribution in [0.25, 0.3) is 0 Å². The average molecular weight is 341 g/mol. The minimum Gasteiger partial charge on any atom is -0.462 e. The minimum atomic E-state index is -2.22. The van der Waals surface area contributed by atoms with Gasteiger partial charge in [0.1, 0.15) is 0 Å². The van der Waals surface area contributed by atoms with Gasteiger partial charge in [-0.15, -0.1) is 0 Å². The lowest BCUT2D eigenvalue weighted by atomic mass is 10.3. The molecule has 0 saturated carbocycles. The van der Waals surface area contributed by atoms with Crippen molar-refractivity contribution in [2.24, 2.45) is 0 Å². The number of hydrogen-bond donors (Lipinski definition) is 0. The zero-order valence-corrected chi connectivity index (χ0v) is 11.2. The Labute approximate surface area is 109 Å². The number of nitro groups is 1. The van der Waals surface area contributed by atoms with Crippen molar-refractivity contribution in [2.45, 2.75) is 10.7 Å². The molecule has 0 atom stereocenters. The highest BCUT2D eigenvalue weighted by molar-refractivity contribution is 9.11. The van der Waals surface area contributed by atoms with E-state index in [1.807, 2.05) is 0 Å². The van der Waals surface area contributed by atoms with Gasteiger partial charge in [-0.2, -0.15) is 0 Å². The highest BCUT2D eigenvalue weighted by atomic mass is 79.9. The monoisotopic (exact) mass is 339 g/mol. The maximum Gasteiger partial charge on any atom is 0.346 e. The Balaban J connectivity index is 5.35. The average Bonchev–Trinajstić information content (AvgIpc) is 2.01. The van der Waals surface area contributed by atoms with Gasteiger partial charge in [0.05, 0.1) is 11.5 Å². The topological polar surface area (TPSA) is 69.4 Å². The van der Waals surface area contributed by atoms with E-state index in [4.69, 9.17) is 34.8 Å². The second-order valence-electron chi connectivity index (χ2n) is 2.14. The molecular weight excluding hydrogens is 336 g/mol. The van der Waals surface area contributed by atoms with Crippen LogP contribution in [-0.2, 0) is 9.53 Å². The number of rotatable bonds is 3. The highest BCUT2D eigenvalue weighted by Crippen LogP contribution is 2.38. The lowest BCUT2D eigenvalue weighted by Gasteiger charge is -2.12. The van der Waals surface area contributed by atoms with Crippen LogP contribution in [0.2, 0.25) is 0 Å². The van der Waals surface area contributed by atoms with Crippen LogP contribution in [0, 0.1) is 10.1 Å². The molecular formula is C6H5BrCl3NO4. The van der Waals surface area contributed by atoms with E-state index in [1.165, 1.54) is 6.92 Å². The van der Waals surface area contributed by atoms with Crippen LogP contribution in [0.5, 0.6) is 0 Å². The third-order valence-corrected chi connectivity index (χ3v) is 2.38. The van der Waals surface area contributed by atoms with Gasteiger partial charge in [0.15, 0.2) is 5.57 Å². The first kappa shape index (κ1) is 15.0. The second-order valence-corrected chi connectivity index (χ2v) is 5.17. The molecule has 0 heterocycles. The van der Waals surface area contributed by atoms with Gasteiger partial charge in [-0.3, -0.25) is 10.1 Å².